The van der Waals surface area contributed by atoms with Crippen LogP contribution in [-0.4, -0.2) is 25.6 Å². The molecule has 6 nitrogen and oxygen atoms in total. The largest absolute Gasteiger partial charge is 0.433 e. The molecule has 10 heteroatoms. The maximum atomic E-state index is 12.8. The van der Waals surface area contributed by atoms with Crippen molar-refractivity contribution in [2.24, 2.45) is 0 Å². The lowest BCUT2D eigenvalue weighted by atomic mass is 10.1. The molecule has 1 amide bonds. The summed E-state index contributed by atoms with van der Waals surface area (Å²) in [7, 11) is -3.36. The van der Waals surface area contributed by atoms with Crippen LogP contribution in [0.3, 0.4) is 0 Å². The van der Waals surface area contributed by atoms with Gasteiger partial charge in [-0.25, -0.2) is 13.4 Å². The van der Waals surface area contributed by atoms with Gasteiger partial charge in [0.1, 0.15) is 5.69 Å². The zero-order valence-corrected chi connectivity index (χ0v) is 17.3. The Morgan fingerprint density at radius 1 is 1.13 bits per heavy atom. The number of pyridine rings is 1. The van der Waals surface area contributed by atoms with Gasteiger partial charge in [0.15, 0.2) is 0 Å². The highest BCUT2D eigenvalue weighted by atomic mass is 32.2. The first-order valence-electron chi connectivity index (χ1n) is 9.07. The maximum absolute atomic E-state index is 12.8. The van der Waals surface area contributed by atoms with Crippen molar-refractivity contribution in [2.75, 3.05) is 11.0 Å². The van der Waals surface area contributed by atoms with E-state index in [1.54, 1.807) is 24.3 Å². The fourth-order valence-electron chi connectivity index (χ4n) is 2.58. The molecule has 30 heavy (non-hydrogen) atoms. The van der Waals surface area contributed by atoms with Gasteiger partial charge in [0.05, 0.1) is 6.26 Å². The highest BCUT2D eigenvalue weighted by molar-refractivity contribution is 7.92. The van der Waals surface area contributed by atoms with Crippen LogP contribution in [0.4, 0.5) is 18.9 Å². The summed E-state index contributed by atoms with van der Waals surface area (Å²) in [5.41, 5.74) is 0.937. The van der Waals surface area contributed by atoms with E-state index in [-0.39, 0.29) is 12.2 Å². The maximum Gasteiger partial charge on any atom is 0.433 e. The van der Waals surface area contributed by atoms with Crippen LogP contribution in [0.1, 0.15) is 35.9 Å². The van der Waals surface area contributed by atoms with E-state index in [1.807, 2.05) is 6.92 Å². The molecule has 0 unspecified atom stereocenters. The number of aromatic nitrogens is 1. The van der Waals surface area contributed by atoms with Crippen molar-refractivity contribution in [3.63, 3.8) is 0 Å². The molecule has 0 spiro atoms. The van der Waals surface area contributed by atoms with Crippen LogP contribution in [0.2, 0.25) is 0 Å². The quantitative estimate of drug-likeness (QED) is 0.611. The molecule has 0 saturated heterocycles. The molecular weight excluding hydrogens is 419 g/mol. The van der Waals surface area contributed by atoms with Gasteiger partial charge >= 0.3 is 6.18 Å². The molecule has 2 N–H and O–H groups in total. The molecule has 1 aromatic carbocycles. The summed E-state index contributed by atoms with van der Waals surface area (Å²) in [5, 5.41) is 2.66. The molecule has 1 heterocycles. The predicted octanol–water partition coefficient (Wildman–Crippen LogP) is 3.75. The standard InChI is InChI=1S/C20H22F3N3O3S/c1-3-4-17-15(7-11-18(25-17)20(21,22)23)8-12-19(27)24-13-14-5-9-16(10-6-14)26-30(2,28)29/h5-12,26H,3-4,13H2,1-2H3,(H,24,27). The molecular formula is C20H22F3N3O3S. The molecule has 0 aliphatic heterocycles. The number of amides is 1. The molecule has 2 aromatic rings. The van der Waals surface area contributed by atoms with Crippen molar-refractivity contribution in [1.82, 2.24) is 10.3 Å². The summed E-state index contributed by atoms with van der Waals surface area (Å²) in [6.45, 7) is 2.04. The minimum Gasteiger partial charge on any atom is -0.348 e. The van der Waals surface area contributed by atoms with Gasteiger partial charge in [-0.3, -0.25) is 9.52 Å². The Morgan fingerprint density at radius 2 is 1.80 bits per heavy atom. The lowest BCUT2D eigenvalue weighted by Gasteiger charge is -2.10. The molecule has 0 fully saturated rings. The van der Waals surface area contributed by atoms with E-state index in [2.05, 4.69) is 15.0 Å². The summed E-state index contributed by atoms with van der Waals surface area (Å²) >= 11 is 0. The smallest absolute Gasteiger partial charge is 0.348 e. The third kappa shape index (κ3) is 7.51. The van der Waals surface area contributed by atoms with E-state index >= 15 is 0 Å². The number of nitrogens with one attached hydrogen (secondary N) is 2. The number of carbonyl (C=O) groups excluding carboxylic acids is 1. The molecule has 0 radical (unpaired) electrons. The Labute approximate surface area is 173 Å². The highest BCUT2D eigenvalue weighted by Crippen LogP contribution is 2.28. The summed E-state index contributed by atoms with van der Waals surface area (Å²) in [4.78, 5) is 15.7. The highest BCUT2D eigenvalue weighted by Gasteiger charge is 2.32. The second-order valence-electron chi connectivity index (χ2n) is 6.60. The minimum atomic E-state index is -4.52. The summed E-state index contributed by atoms with van der Waals surface area (Å²) in [6.07, 6.45) is 0.181. The van der Waals surface area contributed by atoms with Gasteiger partial charge in [-0.2, -0.15) is 13.2 Å². The lowest BCUT2D eigenvalue weighted by molar-refractivity contribution is -0.141. The Hall–Kier alpha value is -2.88. The second-order valence-corrected chi connectivity index (χ2v) is 8.35. The van der Waals surface area contributed by atoms with Gasteiger partial charge in [-0.05, 0) is 41.8 Å². The number of sulfonamides is 1. The average molecular weight is 441 g/mol. The van der Waals surface area contributed by atoms with E-state index in [0.29, 0.717) is 24.1 Å². The normalized spacial score (nSPS) is 12.2. The van der Waals surface area contributed by atoms with Crippen LogP contribution in [-0.2, 0) is 34.0 Å². The van der Waals surface area contributed by atoms with Crippen molar-refractivity contribution in [1.29, 1.82) is 0 Å². The number of halogens is 3. The van der Waals surface area contributed by atoms with E-state index in [9.17, 15) is 26.4 Å². The molecule has 0 aliphatic rings. The van der Waals surface area contributed by atoms with Crippen molar-refractivity contribution < 1.29 is 26.4 Å². The van der Waals surface area contributed by atoms with Gasteiger partial charge in [0, 0.05) is 24.0 Å². The Bertz CT molecular complexity index is 1020. The van der Waals surface area contributed by atoms with E-state index < -0.39 is 27.8 Å². The number of rotatable bonds is 8. The van der Waals surface area contributed by atoms with Gasteiger partial charge in [-0.1, -0.05) is 31.5 Å². The van der Waals surface area contributed by atoms with Gasteiger partial charge < -0.3 is 5.32 Å². The van der Waals surface area contributed by atoms with E-state index in [0.717, 1.165) is 17.9 Å². The molecule has 0 atom stereocenters. The number of benzene rings is 1. The van der Waals surface area contributed by atoms with Crippen LogP contribution in [0.15, 0.2) is 42.5 Å². The van der Waals surface area contributed by atoms with Crippen LogP contribution in [0.25, 0.3) is 6.08 Å². The molecule has 2 rings (SSSR count). The van der Waals surface area contributed by atoms with E-state index in [4.69, 9.17) is 0 Å². The summed E-state index contributed by atoms with van der Waals surface area (Å²) < 4.78 is 63.2. The number of alkyl halides is 3. The van der Waals surface area contributed by atoms with Gasteiger partial charge in [0.2, 0.25) is 15.9 Å². The number of carbonyl (C=O) groups is 1. The topological polar surface area (TPSA) is 88.2 Å². The molecule has 0 bridgehead atoms. The first kappa shape index (κ1) is 23.4. The first-order chi connectivity index (χ1) is 14.0. The molecule has 1 aromatic heterocycles. The number of hydrogen-bond donors (Lipinski definition) is 2. The Balaban J connectivity index is 2.00. The first-order valence-corrected chi connectivity index (χ1v) is 11.0. The van der Waals surface area contributed by atoms with Crippen LogP contribution in [0.5, 0.6) is 0 Å². The summed E-state index contributed by atoms with van der Waals surface area (Å²) in [5.74, 6) is -0.421. The Morgan fingerprint density at radius 3 is 2.37 bits per heavy atom. The van der Waals surface area contributed by atoms with Crippen LogP contribution in [0, 0.1) is 0 Å². The SMILES string of the molecule is CCCc1nc(C(F)(F)F)ccc1C=CC(=O)NCc1ccc(NS(C)(=O)=O)cc1. The van der Waals surface area contributed by atoms with Crippen molar-refractivity contribution in [3.8, 4) is 0 Å². The second kappa shape index (κ2) is 9.75. The fraction of sp³-hybridized carbons (Fsp3) is 0.300. The monoisotopic (exact) mass is 441 g/mol. The summed E-state index contributed by atoms with van der Waals surface area (Å²) in [6, 6.07) is 8.67. The van der Waals surface area contributed by atoms with Crippen molar-refractivity contribution in [3.05, 3.63) is 65.0 Å². The fourth-order valence-corrected chi connectivity index (χ4v) is 3.14. The number of anilines is 1. The number of nitrogens with zero attached hydrogens (tertiary/aromatic N) is 1. The predicted molar refractivity (Wildman–Crippen MR) is 109 cm³/mol. The number of hydrogen-bond acceptors (Lipinski definition) is 4. The zero-order valence-electron chi connectivity index (χ0n) is 16.5. The third-order valence-corrected chi connectivity index (χ3v) is 4.53. The molecule has 162 valence electrons. The zero-order chi connectivity index (χ0) is 22.4. The van der Waals surface area contributed by atoms with Gasteiger partial charge in [-0.15, -0.1) is 0 Å². The van der Waals surface area contributed by atoms with Crippen LogP contribution < -0.4 is 10.0 Å². The number of aryl methyl sites for hydroxylation is 1. The minimum absolute atomic E-state index is 0.204. The van der Waals surface area contributed by atoms with Crippen molar-refractivity contribution in [2.45, 2.75) is 32.5 Å². The Kier molecular flexibility index (Phi) is 7.60. The van der Waals surface area contributed by atoms with Crippen molar-refractivity contribution >= 4 is 27.7 Å². The lowest BCUT2D eigenvalue weighted by Crippen LogP contribution is -2.20. The average Bonchev–Trinajstić information content (AvgIpc) is 2.64. The van der Waals surface area contributed by atoms with Crippen LogP contribution >= 0.6 is 0 Å². The molecule has 0 aliphatic carbocycles. The third-order valence-electron chi connectivity index (χ3n) is 3.92. The van der Waals surface area contributed by atoms with E-state index in [1.165, 1.54) is 18.2 Å². The van der Waals surface area contributed by atoms with Gasteiger partial charge in [0.25, 0.3) is 0 Å². The molecule has 0 saturated carbocycles.